The summed E-state index contributed by atoms with van der Waals surface area (Å²) in [6.07, 6.45) is 6.00. The molecule has 0 spiro atoms. The number of rotatable bonds is 3. The average molecular weight is 164 g/mol. The summed E-state index contributed by atoms with van der Waals surface area (Å²) in [5.41, 5.74) is 0.936. The van der Waals surface area contributed by atoms with Gasteiger partial charge in [0.25, 0.3) is 0 Å². The maximum absolute atomic E-state index is 3.92. The summed E-state index contributed by atoms with van der Waals surface area (Å²) in [5.74, 6) is 0. The van der Waals surface area contributed by atoms with Gasteiger partial charge in [-0.25, -0.2) is 0 Å². The largest absolute Gasteiger partial charge is 0.252 e. The number of nitrogens with zero attached hydrogens (tertiary/aromatic N) is 5. The topological polar surface area (TPSA) is 72.3 Å². The molecule has 0 aliphatic heterocycles. The van der Waals surface area contributed by atoms with Crippen LogP contribution in [0.2, 0.25) is 0 Å². The molecule has 0 unspecified atom stereocenters. The zero-order valence-electron chi connectivity index (χ0n) is 6.38. The van der Waals surface area contributed by atoms with Crippen LogP contribution in [0.3, 0.4) is 0 Å². The summed E-state index contributed by atoms with van der Waals surface area (Å²) >= 11 is 0. The van der Waals surface area contributed by atoms with Crippen molar-refractivity contribution in [3.8, 4) is 0 Å². The first-order valence-corrected chi connectivity index (χ1v) is 3.64. The Kier molecular flexibility index (Phi) is 1.81. The number of aryl methyl sites for hydroxylation is 2. The molecule has 2 rings (SSSR count). The van der Waals surface area contributed by atoms with Crippen LogP contribution < -0.4 is 0 Å². The number of aromatic amines is 1. The van der Waals surface area contributed by atoms with E-state index in [1.165, 1.54) is 0 Å². The third-order valence-electron chi connectivity index (χ3n) is 1.53. The minimum absolute atomic E-state index is 0.784. The molecule has 2 aromatic heterocycles. The average Bonchev–Trinajstić information content (AvgIpc) is 2.74. The highest BCUT2D eigenvalue weighted by Crippen LogP contribution is 1.92. The van der Waals surface area contributed by atoms with Crippen molar-refractivity contribution in [2.75, 3.05) is 0 Å². The van der Waals surface area contributed by atoms with E-state index in [1.54, 1.807) is 17.1 Å². The fourth-order valence-electron chi connectivity index (χ4n) is 0.927. The lowest BCUT2D eigenvalue weighted by Crippen LogP contribution is -2.02. The van der Waals surface area contributed by atoms with Gasteiger partial charge in [-0.3, -0.25) is 4.68 Å². The molecule has 0 saturated heterocycles. The lowest BCUT2D eigenvalue weighted by Gasteiger charge is -1.94. The predicted molar refractivity (Wildman–Crippen MR) is 40.1 cm³/mol. The monoisotopic (exact) mass is 164 g/mol. The molecule has 2 heterocycles. The summed E-state index contributed by atoms with van der Waals surface area (Å²) in [7, 11) is 0. The molecule has 12 heavy (non-hydrogen) atoms. The van der Waals surface area contributed by atoms with Gasteiger partial charge in [0.1, 0.15) is 0 Å². The molecule has 1 N–H and O–H groups in total. The van der Waals surface area contributed by atoms with E-state index in [-0.39, 0.29) is 0 Å². The normalized spacial score (nSPS) is 10.3. The molecule has 0 radical (unpaired) electrons. The summed E-state index contributed by atoms with van der Waals surface area (Å²) in [5, 5.41) is 17.7. The third-order valence-corrected chi connectivity index (χ3v) is 1.53. The highest BCUT2D eigenvalue weighted by Gasteiger charge is 1.96. The summed E-state index contributed by atoms with van der Waals surface area (Å²) in [4.78, 5) is 0. The van der Waals surface area contributed by atoms with Gasteiger partial charge in [0.05, 0.1) is 18.1 Å². The molecule has 0 fully saturated rings. The van der Waals surface area contributed by atoms with E-state index in [0.29, 0.717) is 0 Å². The van der Waals surface area contributed by atoms with E-state index < -0.39 is 0 Å². The molecular formula is C6H8N6. The maximum Gasteiger partial charge on any atom is 0.0843 e. The van der Waals surface area contributed by atoms with Gasteiger partial charge in [-0.05, 0) is 0 Å². The SMILES string of the molecule is c1cn(CCc2cn[nH]n2)nn1. The van der Waals surface area contributed by atoms with E-state index in [1.807, 2.05) is 6.20 Å². The van der Waals surface area contributed by atoms with Gasteiger partial charge in [-0.2, -0.15) is 15.4 Å². The fourth-order valence-corrected chi connectivity index (χ4v) is 0.927. The van der Waals surface area contributed by atoms with Crippen molar-refractivity contribution in [1.29, 1.82) is 0 Å². The van der Waals surface area contributed by atoms with E-state index in [0.717, 1.165) is 18.7 Å². The Balaban J connectivity index is 1.91. The Hall–Kier alpha value is -1.72. The van der Waals surface area contributed by atoms with Crippen molar-refractivity contribution in [2.45, 2.75) is 13.0 Å². The van der Waals surface area contributed by atoms with Crippen LogP contribution in [-0.2, 0) is 13.0 Å². The molecule has 2 aromatic rings. The zero-order valence-corrected chi connectivity index (χ0v) is 6.38. The van der Waals surface area contributed by atoms with Crippen LogP contribution in [0.5, 0.6) is 0 Å². The van der Waals surface area contributed by atoms with Gasteiger partial charge < -0.3 is 0 Å². The zero-order chi connectivity index (χ0) is 8.23. The molecule has 0 atom stereocenters. The minimum Gasteiger partial charge on any atom is -0.252 e. The molecule has 0 amide bonds. The second-order valence-corrected chi connectivity index (χ2v) is 2.38. The van der Waals surface area contributed by atoms with E-state index >= 15 is 0 Å². The van der Waals surface area contributed by atoms with Crippen molar-refractivity contribution < 1.29 is 0 Å². The van der Waals surface area contributed by atoms with Crippen LogP contribution in [0, 0.1) is 0 Å². The second-order valence-electron chi connectivity index (χ2n) is 2.38. The lowest BCUT2D eigenvalue weighted by atomic mass is 10.3. The van der Waals surface area contributed by atoms with Crippen molar-refractivity contribution >= 4 is 0 Å². The Labute approximate surface area is 68.6 Å². The van der Waals surface area contributed by atoms with Gasteiger partial charge in [-0.1, -0.05) is 5.21 Å². The first-order chi connectivity index (χ1) is 5.95. The number of hydrogen-bond acceptors (Lipinski definition) is 4. The summed E-state index contributed by atoms with van der Waals surface area (Å²) in [6, 6.07) is 0. The Morgan fingerprint density at radius 2 is 2.50 bits per heavy atom. The standard InChI is InChI=1S/C6H8N6/c1(6-5-8-10-9-6)3-12-4-2-7-11-12/h2,4-5H,1,3H2,(H,8,9,10). The first-order valence-electron chi connectivity index (χ1n) is 3.64. The Morgan fingerprint density at radius 3 is 3.17 bits per heavy atom. The first kappa shape index (κ1) is 6.96. The molecule has 0 saturated carbocycles. The number of H-pyrrole nitrogens is 1. The van der Waals surface area contributed by atoms with Crippen LogP contribution >= 0.6 is 0 Å². The maximum atomic E-state index is 3.92. The van der Waals surface area contributed by atoms with Crippen molar-refractivity contribution in [3.63, 3.8) is 0 Å². The quantitative estimate of drug-likeness (QED) is 0.672. The van der Waals surface area contributed by atoms with E-state index in [4.69, 9.17) is 0 Å². The van der Waals surface area contributed by atoms with Crippen LogP contribution in [-0.4, -0.2) is 30.4 Å². The van der Waals surface area contributed by atoms with Crippen molar-refractivity contribution in [2.24, 2.45) is 0 Å². The van der Waals surface area contributed by atoms with E-state index in [2.05, 4.69) is 25.7 Å². The van der Waals surface area contributed by atoms with Crippen LogP contribution in [0.15, 0.2) is 18.6 Å². The van der Waals surface area contributed by atoms with Gasteiger partial charge in [0.15, 0.2) is 0 Å². The summed E-state index contributed by atoms with van der Waals surface area (Å²) in [6.45, 7) is 0.784. The van der Waals surface area contributed by atoms with Crippen molar-refractivity contribution in [3.05, 3.63) is 24.3 Å². The summed E-state index contributed by atoms with van der Waals surface area (Å²) < 4.78 is 1.76. The molecule has 0 aliphatic carbocycles. The van der Waals surface area contributed by atoms with Crippen LogP contribution in [0.1, 0.15) is 5.69 Å². The van der Waals surface area contributed by atoms with Crippen molar-refractivity contribution in [1.82, 2.24) is 30.4 Å². The third kappa shape index (κ3) is 1.47. The van der Waals surface area contributed by atoms with Gasteiger partial charge in [0, 0.05) is 19.2 Å². The van der Waals surface area contributed by atoms with Crippen LogP contribution in [0.25, 0.3) is 0 Å². The van der Waals surface area contributed by atoms with Crippen LogP contribution in [0.4, 0.5) is 0 Å². The minimum atomic E-state index is 0.784. The fraction of sp³-hybridized carbons (Fsp3) is 0.333. The number of nitrogens with one attached hydrogen (secondary N) is 1. The Bertz CT molecular complexity index is 275. The Morgan fingerprint density at radius 1 is 1.50 bits per heavy atom. The molecule has 0 aliphatic rings. The lowest BCUT2D eigenvalue weighted by molar-refractivity contribution is 0.583. The van der Waals surface area contributed by atoms with Gasteiger partial charge in [-0.15, -0.1) is 5.10 Å². The number of hydrogen-bond donors (Lipinski definition) is 1. The number of aromatic nitrogens is 6. The molecular weight excluding hydrogens is 156 g/mol. The second kappa shape index (κ2) is 3.12. The van der Waals surface area contributed by atoms with Gasteiger partial charge in [0.2, 0.25) is 0 Å². The highest BCUT2D eigenvalue weighted by atomic mass is 15.4. The van der Waals surface area contributed by atoms with E-state index in [9.17, 15) is 0 Å². The molecule has 0 bridgehead atoms. The molecule has 62 valence electrons. The smallest absolute Gasteiger partial charge is 0.0843 e. The molecule has 6 nitrogen and oxygen atoms in total. The highest BCUT2D eigenvalue weighted by molar-refractivity contribution is 4.89. The molecule has 0 aromatic carbocycles. The van der Waals surface area contributed by atoms with Gasteiger partial charge >= 0.3 is 0 Å². The predicted octanol–water partition coefficient (Wildman–Crippen LogP) is -0.361. The molecule has 6 heteroatoms.